The van der Waals surface area contributed by atoms with E-state index in [0.29, 0.717) is 12.0 Å². The molecule has 2 N–H and O–H groups in total. The highest BCUT2D eigenvalue weighted by Crippen LogP contribution is 2.38. The molecule has 20 heavy (non-hydrogen) atoms. The Bertz CT molecular complexity index is 620. The lowest BCUT2D eigenvalue weighted by Gasteiger charge is -2.37. The first-order valence-corrected chi connectivity index (χ1v) is 6.93. The third-order valence-corrected chi connectivity index (χ3v) is 3.97. The third-order valence-electron chi connectivity index (χ3n) is 3.97. The maximum absolute atomic E-state index is 13.2. The number of aryl methyl sites for hydroxylation is 1. The Balaban J connectivity index is 1.59. The van der Waals surface area contributed by atoms with Crippen molar-refractivity contribution in [1.29, 1.82) is 0 Å². The molecule has 0 aliphatic heterocycles. The lowest BCUT2D eigenvalue weighted by Crippen LogP contribution is -2.34. The second kappa shape index (κ2) is 5.16. The molecule has 0 spiro atoms. The van der Waals surface area contributed by atoms with E-state index in [1.807, 2.05) is 0 Å². The van der Waals surface area contributed by atoms with Crippen LogP contribution in [-0.2, 0) is 0 Å². The summed E-state index contributed by atoms with van der Waals surface area (Å²) < 4.78 is 13.2. The van der Waals surface area contributed by atoms with Gasteiger partial charge in [0.05, 0.1) is 0 Å². The van der Waals surface area contributed by atoms with E-state index in [-0.39, 0.29) is 5.75 Å². The molecule has 3 rings (SSSR count). The van der Waals surface area contributed by atoms with Crippen molar-refractivity contribution in [1.82, 2.24) is 0 Å². The molecule has 2 aromatic carbocycles. The third kappa shape index (κ3) is 2.62. The zero-order valence-electron chi connectivity index (χ0n) is 11.4. The van der Waals surface area contributed by atoms with Crippen molar-refractivity contribution in [3.05, 3.63) is 59.4 Å². The Labute approximate surface area is 118 Å². The topological polar surface area (TPSA) is 32.3 Å². The van der Waals surface area contributed by atoms with Crippen molar-refractivity contribution < 1.29 is 9.50 Å². The average molecular weight is 271 g/mol. The van der Waals surface area contributed by atoms with Crippen LogP contribution in [0.25, 0.3) is 0 Å². The molecule has 0 radical (unpaired) electrons. The number of aromatic hydroxyl groups is 1. The molecule has 0 atom stereocenters. The summed E-state index contributed by atoms with van der Waals surface area (Å²) in [5.41, 5.74) is 3.41. The number of rotatable bonds is 3. The molecule has 0 bridgehead atoms. The Kier molecular flexibility index (Phi) is 3.35. The minimum absolute atomic E-state index is 0.304. The summed E-state index contributed by atoms with van der Waals surface area (Å²) in [4.78, 5) is 0. The standard InChI is InChI=1S/C17H18FNO/c1-11-3-2-4-12(7-11)13-8-15(9-13)19-14-5-6-17(20)16(18)10-14/h2-7,10,13,15,19-20H,8-9H2,1H3. The Morgan fingerprint density at radius 3 is 2.65 bits per heavy atom. The van der Waals surface area contributed by atoms with E-state index < -0.39 is 5.82 Å². The summed E-state index contributed by atoms with van der Waals surface area (Å²) in [5, 5.41) is 12.5. The van der Waals surface area contributed by atoms with Crippen LogP contribution in [0, 0.1) is 12.7 Å². The van der Waals surface area contributed by atoms with E-state index in [9.17, 15) is 4.39 Å². The van der Waals surface area contributed by atoms with Gasteiger partial charge in [0.1, 0.15) is 0 Å². The van der Waals surface area contributed by atoms with Crippen LogP contribution in [0.2, 0.25) is 0 Å². The van der Waals surface area contributed by atoms with Crippen LogP contribution in [-0.4, -0.2) is 11.1 Å². The molecule has 0 aromatic heterocycles. The first-order chi connectivity index (χ1) is 9.61. The summed E-state index contributed by atoms with van der Waals surface area (Å²) in [7, 11) is 0. The van der Waals surface area contributed by atoms with Gasteiger partial charge in [0.2, 0.25) is 0 Å². The van der Waals surface area contributed by atoms with Crippen molar-refractivity contribution >= 4 is 5.69 Å². The highest BCUT2D eigenvalue weighted by molar-refractivity contribution is 5.48. The average Bonchev–Trinajstić information content (AvgIpc) is 2.37. The number of hydrogen-bond donors (Lipinski definition) is 2. The van der Waals surface area contributed by atoms with Gasteiger partial charge in [-0.1, -0.05) is 29.8 Å². The van der Waals surface area contributed by atoms with Crippen molar-refractivity contribution in [3.63, 3.8) is 0 Å². The number of benzene rings is 2. The van der Waals surface area contributed by atoms with Crippen LogP contribution >= 0.6 is 0 Å². The molecule has 0 amide bonds. The van der Waals surface area contributed by atoms with Gasteiger partial charge in [0.15, 0.2) is 11.6 Å². The van der Waals surface area contributed by atoms with Gasteiger partial charge in [-0.2, -0.15) is 0 Å². The summed E-state index contributed by atoms with van der Waals surface area (Å²) in [6.45, 7) is 2.11. The minimum atomic E-state index is -0.579. The fraction of sp³-hybridized carbons (Fsp3) is 0.294. The van der Waals surface area contributed by atoms with Gasteiger partial charge in [-0.05, 0) is 43.4 Å². The fourth-order valence-electron chi connectivity index (χ4n) is 2.76. The number of phenolic OH excluding ortho intramolecular Hbond substituents is 1. The molecule has 2 aromatic rings. The first kappa shape index (κ1) is 13.0. The van der Waals surface area contributed by atoms with Gasteiger partial charge in [0.25, 0.3) is 0 Å². The molecule has 0 heterocycles. The van der Waals surface area contributed by atoms with Crippen LogP contribution in [0.5, 0.6) is 5.75 Å². The molecule has 2 nitrogen and oxygen atoms in total. The second-order valence-electron chi connectivity index (χ2n) is 5.59. The van der Waals surface area contributed by atoms with E-state index in [2.05, 4.69) is 36.5 Å². The summed E-state index contributed by atoms with van der Waals surface area (Å²) >= 11 is 0. The van der Waals surface area contributed by atoms with Gasteiger partial charge < -0.3 is 10.4 Å². The van der Waals surface area contributed by atoms with Crippen molar-refractivity contribution in [2.75, 3.05) is 5.32 Å². The van der Waals surface area contributed by atoms with Crippen LogP contribution in [0.1, 0.15) is 29.9 Å². The predicted molar refractivity (Wildman–Crippen MR) is 78.6 cm³/mol. The molecular weight excluding hydrogens is 253 g/mol. The number of hydrogen-bond acceptors (Lipinski definition) is 2. The quantitative estimate of drug-likeness (QED) is 0.820. The van der Waals surface area contributed by atoms with Crippen LogP contribution < -0.4 is 5.32 Å². The molecule has 3 heteroatoms. The van der Waals surface area contributed by atoms with E-state index in [0.717, 1.165) is 18.5 Å². The number of nitrogens with one attached hydrogen (secondary N) is 1. The molecule has 0 saturated heterocycles. The summed E-state index contributed by atoms with van der Waals surface area (Å²) in [6.07, 6.45) is 2.12. The van der Waals surface area contributed by atoms with Gasteiger partial charge in [0, 0.05) is 17.8 Å². The van der Waals surface area contributed by atoms with Crippen molar-refractivity contribution in [2.45, 2.75) is 31.7 Å². The lowest BCUT2D eigenvalue weighted by atomic mass is 9.75. The van der Waals surface area contributed by atoms with Crippen LogP contribution in [0.4, 0.5) is 10.1 Å². The second-order valence-corrected chi connectivity index (χ2v) is 5.59. The fourth-order valence-corrected chi connectivity index (χ4v) is 2.76. The molecule has 104 valence electrons. The smallest absolute Gasteiger partial charge is 0.166 e. The molecule has 1 aliphatic rings. The van der Waals surface area contributed by atoms with Gasteiger partial charge in [-0.3, -0.25) is 0 Å². The van der Waals surface area contributed by atoms with E-state index in [1.54, 1.807) is 6.07 Å². The van der Waals surface area contributed by atoms with E-state index in [4.69, 9.17) is 5.11 Å². The van der Waals surface area contributed by atoms with Crippen LogP contribution in [0.3, 0.4) is 0 Å². The Hall–Kier alpha value is -2.03. The molecule has 0 unspecified atom stereocenters. The monoisotopic (exact) mass is 271 g/mol. The number of anilines is 1. The first-order valence-electron chi connectivity index (χ1n) is 6.93. The minimum Gasteiger partial charge on any atom is -0.505 e. The molecular formula is C17H18FNO. The maximum Gasteiger partial charge on any atom is 0.166 e. The maximum atomic E-state index is 13.2. The van der Waals surface area contributed by atoms with E-state index >= 15 is 0 Å². The Morgan fingerprint density at radius 1 is 1.15 bits per heavy atom. The number of phenols is 1. The van der Waals surface area contributed by atoms with Crippen molar-refractivity contribution in [3.8, 4) is 5.75 Å². The van der Waals surface area contributed by atoms with Gasteiger partial charge in [-0.25, -0.2) is 4.39 Å². The zero-order valence-corrected chi connectivity index (χ0v) is 11.4. The number of halogens is 1. The van der Waals surface area contributed by atoms with Crippen molar-refractivity contribution in [2.24, 2.45) is 0 Å². The highest BCUT2D eigenvalue weighted by atomic mass is 19.1. The largest absolute Gasteiger partial charge is 0.505 e. The molecule has 1 fully saturated rings. The zero-order chi connectivity index (χ0) is 14.1. The van der Waals surface area contributed by atoms with E-state index in [1.165, 1.54) is 23.3 Å². The Morgan fingerprint density at radius 2 is 1.95 bits per heavy atom. The van der Waals surface area contributed by atoms with Crippen LogP contribution in [0.15, 0.2) is 42.5 Å². The van der Waals surface area contributed by atoms with Gasteiger partial charge >= 0.3 is 0 Å². The molecule has 1 aliphatic carbocycles. The lowest BCUT2D eigenvalue weighted by molar-refractivity contribution is 0.373. The SMILES string of the molecule is Cc1cccc(C2CC(Nc3ccc(O)c(F)c3)C2)c1. The predicted octanol–water partition coefficient (Wildman–Crippen LogP) is 4.20. The molecule has 1 saturated carbocycles. The summed E-state index contributed by atoms with van der Waals surface area (Å²) in [5.74, 6) is -0.291. The van der Waals surface area contributed by atoms with Gasteiger partial charge in [-0.15, -0.1) is 0 Å². The highest BCUT2D eigenvalue weighted by Gasteiger charge is 2.30. The normalized spacial score (nSPS) is 21.3. The summed E-state index contributed by atoms with van der Waals surface area (Å²) in [6, 6.07) is 13.4.